The summed E-state index contributed by atoms with van der Waals surface area (Å²) in [6.07, 6.45) is 0. The number of hydrogen-bond donors (Lipinski definition) is 0. The number of nitrogens with zero attached hydrogens (tertiary/aromatic N) is 1. The quantitative estimate of drug-likeness (QED) is 0.610. The lowest BCUT2D eigenvalue weighted by Crippen LogP contribution is -2.00. The predicted molar refractivity (Wildman–Crippen MR) is 55.4 cm³/mol. The third kappa shape index (κ3) is 2.00. The standard InChI is InChI=1S/C8H9FINO/c1-11(10)6-3-4-8(12-2)7(9)5-6/h3-5H,1-2H3. The van der Waals surface area contributed by atoms with E-state index in [1.54, 1.807) is 15.2 Å². The van der Waals surface area contributed by atoms with Crippen LogP contribution in [-0.2, 0) is 0 Å². The first-order valence-corrected chi connectivity index (χ1v) is 4.34. The highest BCUT2D eigenvalue weighted by Gasteiger charge is 2.04. The summed E-state index contributed by atoms with van der Waals surface area (Å²) in [7, 11) is 3.30. The number of anilines is 1. The van der Waals surface area contributed by atoms with E-state index in [9.17, 15) is 4.39 Å². The Labute approximate surface area is 84.8 Å². The van der Waals surface area contributed by atoms with Crippen LogP contribution < -0.4 is 7.85 Å². The van der Waals surface area contributed by atoms with E-state index in [1.165, 1.54) is 13.2 Å². The van der Waals surface area contributed by atoms with Crippen molar-refractivity contribution in [3.63, 3.8) is 0 Å². The summed E-state index contributed by atoms with van der Waals surface area (Å²) in [5, 5.41) is 0. The molecule has 0 saturated carbocycles. The first kappa shape index (κ1) is 9.57. The molecule has 0 bridgehead atoms. The van der Waals surface area contributed by atoms with Crippen molar-refractivity contribution in [1.29, 1.82) is 0 Å². The first-order valence-electron chi connectivity index (χ1n) is 3.38. The van der Waals surface area contributed by atoms with Crippen LogP contribution in [0.3, 0.4) is 0 Å². The molecule has 1 rings (SSSR count). The van der Waals surface area contributed by atoms with Crippen molar-refractivity contribution in [3.8, 4) is 5.75 Å². The van der Waals surface area contributed by atoms with Gasteiger partial charge in [0.15, 0.2) is 11.6 Å². The van der Waals surface area contributed by atoms with E-state index < -0.39 is 0 Å². The molecule has 1 aromatic carbocycles. The molecule has 0 unspecified atom stereocenters. The predicted octanol–water partition coefficient (Wildman–Crippen LogP) is 2.62. The Morgan fingerprint density at radius 3 is 2.58 bits per heavy atom. The van der Waals surface area contributed by atoms with Crippen molar-refractivity contribution in [2.45, 2.75) is 0 Å². The molecule has 0 aliphatic carbocycles. The Morgan fingerprint density at radius 1 is 1.50 bits per heavy atom. The van der Waals surface area contributed by atoms with Gasteiger partial charge in [0.25, 0.3) is 0 Å². The second-order valence-corrected chi connectivity index (χ2v) is 3.74. The van der Waals surface area contributed by atoms with Gasteiger partial charge in [0.2, 0.25) is 0 Å². The molecular formula is C8H9FINO. The summed E-state index contributed by atoms with van der Waals surface area (Å²) in [6.45, 7) is 0. The smallest absolute Gasteiger partial charge is 0.167 e. The zero-order valence-electron chi connectivity index (χ0n) is 6.84. The first-order chi connectivity index (χ1) is 5.65. The van der Waals surface area contributed by atoms with E-state index in [0.29, 0.717) is 0 Å². The number of methoxy groups -OCH3 is 1. The largest absolute Gasteiger partial charge is 0.494 e. The third-order valence-corrected chi connectivity index (χ3v) is 2.05. The van der Waals surface area contributed by atoms with E-state index >= 15 is 0 Å². The maximum Gasteiger partial charge on any atom is 0.167 e. The molecule has 0 atom stereocenters. The van der Waals surface area contributed by atoms with Crippen LogP contribution in [0.2, 0.25) is 0 Å². The summed E-state index contributed by atoms with van der Waals surface area (Å²) >= 11 is 2.07. The fourth-order valence-corrected chi connectivity index (χ4v) is 1.15. The van der Waals surface area contributed by atoms with Gasteiger partial charge in [-0.15, -0.1) is 0 Å². The number of hydrogen-bond acceptors (Lipinski definition) is 2. The minimum absolute atomic E-state index is 0.275. The minimum Gasteiger partial charge on any atom is -0.494 e. The topological polar surface area (TPSA) is 12.5 Å². The van der Waals surface area contributed by atoms with Gasteiger partial charge >= 0.3 is 0 Å². The van der Waals surface area contributed by atoms with Gasteiger partial charge in [-0.25, -0.2) is 4.39 Å². The highest BCUT2D eigenvalue weighted by molar-refractivity contribution is 14.1. The monoisotopic (exact) mass is 281 g/mol. The molecule has 0 amide bonds. The Morgan fingerprint density at radius 2 is 2.17 bits per heavy atom. The van der Waals surface area contributed by atoms with Gasteiger partial charge in [0.05, 0.1) is 30.0 Å². The van der Waals surface area contributed by atoms with Gasteiger partial charge in [0, 0.05) is 18.8 Å². The number of halogens is 2. The van der Waals surface area contributed by atoms with Crippen LogP contribution in [-0.4, -0.2) is 14.2 Å². The summed E-state index contributed by atoms with van der Waals surface area (Å²) in [5.74, 6) is -0.0597. The van der Waals surface area contributed by atoms with Gasteiger partial charge in [-0.3, -0.25) is 0 Å². The lowest BCUT2D eigenvalue weighted by atomic mass is 10.3. The van der Waals surface area contributed by atoms with Crippen molar-refractivity contribution >= 4 is 28.6 Å². The molecule has 0 saturated heterocycles. The molecule has 66 valence electrons. The van der Waals surface area contributed by atoms with Crippen molar-refractivity contribution in [1.82, 2.24) is 0 Å². The maximum atomic E-state index is 13.1. The molecule has 0 fully saturated rings. The average Bonchev–Trinajstić information content (AvgIpc) is 2.04. The molecule has 0 aliphatic rings. The van der Waals surface area contributed by atoms with E-state index in [4.69, 9.17) is 4.74 Å². The van der Waals surface area contributed by atoms with E-state index in [2.05, 4.69) is 22.9 Å². The highest BCUT2D eigenvalue weighted by atomic mass is 127. The van der Waals surface area contributed by atoms with Gasteiger partial charge in [0.1, 0.15) is 0 Å². The van der Waals surface area contributed by atoms with Gasteiger partial charge in [-0.2, -0.15) is 0 Å². The lowest BCUT2D eigenvalue weighted by Gasteiger charge is -2.10. The Bertz CT molecular complexity index is 278. The molecule has 0 aliphatic heterocycles. The van der Waals surface area contributed by atoms with E-state index in [1.807, 2.05) is 7.05 Å². The fraction of sp³-hybridized carbons (Fsp3) is 0.250. The molecule has 0 heterocycles. The normalized spacial score (nSPS) is 9.67. The average molecular weight is 281 g/mol. The third-order valence-electron chi connectivity index (χ3n) is 1.49. The molecule has 2 nitrogen and oxygen atoms in total. The van der Waals surface area contributed by atoms with Crippen LogP contribution in [0, 0.1) is 5.82 Å². The van der Waals surface area contributed by atoms with Crippen molar-refractivity contribution in [2.24, 2.45) is 0 Å². The van der Waals surface area contributed by atoms with E-state index in [0.717, 1.165) is 5.69 Å². The molecule has 12 heavy (non-hydrogen) atoms. The lowest BCUT2D eigenvalue weighted by molar-refractivity contribution is 0.386. The summed E-state index contributed by atoms with van der Waals surface area (Å²) in [4.78, 5) is 0. The SMILES string of the molecule is COc1ccc(N(C)I)cc1F. The summed E-state index contributed by atoms with van der Waals surface area (Å²) in [6, 6.07) is 4.85. The molecule has 0 aromatic heterocycles. The van der Waals surface area contributed by atoms with Crippen LogP contribution in [0.15, 0.2) is 18.2 Å². The molecule has 4 heteroatoms. The molecule has 0 radical (unpaired) electrons. The van der Waals surface area contributed by atoms with Crippen molar-refractivity contribution < 1.29 is 9.13 Å². The summed E-state index contributed by atoms with van der Waals surface area (Å²) < 4.78 is 19.6. The van der Waals surface area contributed by atoms with Gasteiger partial charge in [-0.1, -0.05) is 0 Å². The molecular weight excluding hydrogens is 272 g/mol. The maximum absolute atomic E-state index is 13.1. The van der Waals surface area contributed by atoms with Crippen LogP contribution >= 0.6 is 22.9 Å². The zero-order valence-corrected chi connectivity index (χ0v) is 9.00. The van der Waals surface area contributed by atoms with Gasteiger partial charge in [-0.05, 0) is 12.1 Å². The van der Waals surface area contributed by atoms with E-state index in [-0.39, 0.29) is 11.6 Å². The fourth-order valence-electron chi connectivity index (χ4n) is 0.847. The highest BCUT2D eigenvalue weighted by Crippen LogP contribution is 2.24. The van der Waals surface area contributed by atoms with Crippen molar-refractivity contribution in [3.05, 3.63) is 24.0 Å². The number of rotatable bonds is 2. The molecule has 0 spiro atoms. The molecule has 0 N–H and O–H groups in total. The van der Waals surface area contributed by atoms with Crippen molar-refractivity contribution in [2.75, 3.05) is 17.3 Å². The van der Waals surface area contributed by atoms with Crippen LogP contribution in [0.5, 0.6) is 5.75 Å². The molecule has 1 aromatic rings. The minimum atomic E-state index is -0.335. The van der Waals surface area contributed by atoms with Gasteiger partial charge < -0.3 is 7.85 Å². The Kier molecular flexibility index (Phi) is 3.13. The Balaban J connectivity index is 3.02. The second-order valence-electron chi connectivity index (χ2n) is 2.30. The Hall–Kier alpha value is -0.520. The second kappa shape index (κ2) is 3.93. The summed E-state index contributed by atoms with van der Waals surface area (Å²) in [5.41, 5.74) is 0.814. The van der Waals surface area contributed by atoms with Crippen LogP contribution in [0.4, 0.5) is 10.1 Å². The zero-order chi connectivity index (χ0) is 9.14. The number of ether oxygens (including phenoxy) is 1. The van der Waals surface area contributed by atoms with Crippen LogP contribution in [0.1, 0.15) is 0 Å². The van der Waals surface area contributed by atoms with Crippen LogP contribution in [0.25, 0.3) is 0 Å². The number of benzene rings is 1.